The smallest absolute Gasteiger partial charge is 0.333 e. The summed E-state index contributed by atoms with van der Waals surface area (Å²) in [6, 6.07) is 9.55. The molecule has 0 spiro atoms. The molecule has 1 rings (SSSR count). The predicted molar refractivity (Wildman–Crippen MR) is 121 cm³/mol. The van der Waals surface area contributed by atoms with Crippen molar-refractivity contribution in [3.05, 3.63) is 72.9 Å². The standard InChI is InChI=1S/C11H12O2.C7H12O3.C6H10O3/c1-9(2)11(12)13-8-10-6-4-3-5-7-10;1-4-7(8)10-6(3)9-5-2;1-5(2)6(8)9-4-3-7/h3-7H,1,8H2,2H3;4,6H,1,5H2,2-3H3;7H,1,3-4H2,2H3. The minimum atomic E-state index is -0.476. The van der Waals surface area contributed by atoms with Crippen LogP contribution in [-0.2, 0) is 39.9 Å². The molecule has 0 aliphatic heterocycles. The number of aliphatic hydroxyl groups excluding tert-OH is 1. The summed E-state index contributed by atoms with van der Waals surface area (Å²) in [5, 5.41) is 8.19. The van der Waals surface area contributed by atoms with Gasteiger partial charge in [0.25, 0.3) is 0 Å². The third-order valence-electron chi connectivity index (χ3n) is 3.08. The van der Waals surface area contributed by atoms with Gasteiger partial charge in [-0.25, -0.2) is 14.4 Å². The van der Waals surface area contributed by atoms with Crippen molar-refractivity contribution < 1.29 is 38.4 Å². The summed E-state index contributed by atoms with van der Waals surface area (Å²) >= 11 is 0. The molecule has 178 valence electrons. The number of hydrogen-bond acceptors (Lipinski definition) is 8. The maximum Gasteiger partial charge on any atom is 0.333 e. The monoisotopic (exact) mass is 450 g/mol. The highest BCUT2D eigenvalue weighted by Gasteiger charge is 2.04. The van der Waals surface area contributed by atoms with Crippen LogP contribution in [0, 0.1) is 0 Å². The molecule has 1 aromatic rings. The van der Waals surface area contributed by atoms with E-state index < -0.39 is 18.2 Å². The van der Waals surface area contributed by atoms with Crippen LogP contribution in [0.25, 0.3) is 0 Å². The van der Waals surface area contributed by atoms with Crippen LogP contribution < -0.4 is 0 Å². The van der Waals surface area contributed by atoms with Gasteiger partial charge in [-0.1, -0.05) is 50.1 Å². The van der Waals surface area contributed by atoms with E-state index in [2.05, 4.69) is 29.2 Å². The lowest BCUT2D eigenvalue weighted by molar-refractivity contribution is -0.167. The number of esters is 3. The Kier molecular flexibility index (Phi) is 19.1. The van der Waals surface area contributed by atoms with Gasteiger partial charge in [-0.15, -0.1) is 0 Å². The molecule has 0 fully saturated rings. The molecule has 0 radical (unpaired) electrons. The van der Waals surface area contributed by atoms with Crippen LogP contribution in [0.15, 0.2) is 67.3 Å². The Hall–Kier alpha value is -3.23. The fraction of sp³-hybridized carbons (Fsp3) is 0.375. The third-order valence-corrected chi connectivity index (χ3v) is 3.08. The molecular weight excluding hydrogens is 416 g/mol. The summed E-state index contributed by atoms with van der Waals surface area (Å²) in [6.07, 6.45) is 0.630. The minimum Gasteiger partial charge on any atom is -0.460 e. The van der Waals surface area contributed by atoms with Crippen molar-refractivity contribution >= 4 is 17.9 Å². The molecule has 0 aliphatic carbocycles. The number of aliphatic hydroxyl groups is 1. The fourth-order valence-electron chi connectivity index (χ4n) is 1.59. The lowest BCUT2D eigenvalue weighted by Gasteiger charge is -2.10. The highest BCUT2D eigenvalue weighted by molar-refractivity contribution is 5.87. The average Bonchev–Trinajstić information content (AvgIpc) is 2.77. The minimum absolute atomic E-state index is 0.0473. The van der Waals surface area contributed by atoms with Crippen molar-refractivity contribution in [3.8, 4) is 0 Å². The van der Waals surface area contributed by atoms with E-state index >= 15 is 0 Å². The van der Waals surface area contributed by atoms with Gasteiger partial charge in [0.2, 0.25) is 0 Å². The van der Waals surface area contributed by atoms with Crippen molar-refractivity contribution in [3.63, 3.8) is 0 Å². The van der Waals surface area contributed by atoms with Crippen LogP contribution in [0.1, 0.15) is 33.3 Å². The number of benzene rings is 1. The Labute approximate surface area is 190 Å². The second-order valence-electron chi connectivity index (χ2n) is 6.15. The Balaban J connectivity index is 0. The zero-order chi connectivity index (χ0) is 24.9. The maximum atomic E-state index is 11.0. The molecule has 1 atom stereocenters. The zero-order valence-electron chi connectivity index (χ0n) is 19.3. The highest BCUT2D eigenvalue weighted by Crippen LogP contribution is 2.02. The molecule has 1 aromatic carbocycles. The quantitative estimate of drug-likeness (QED) is 0.250. The first-order valence-electron chi connectivity index (χ1n) is 9.83. The normalized spacial score (nSPS) is 10.0. The van der Waals surface area contributed by atoms with Gasteiger partial charge in [-0.3, -0.25) is 0 Å². The van der Waals surface area contributed by atoms with Crippen molar-refractivity contribution in [2.45, 2.75) is 40.6 Å². The lowest BCUT2D eigenvalue weighted by atomic mass is 10.2. The van der Waals surface area contributed by atoms with Gasteiger partial charge in [0, 0.05) is 23.8 Å². The van der Waals surface area contributed by atoms with Gasteiger partial charge in [0.05, 0.1) is 6.61 Å². The largest absolute Gasteiger partial charge is 0.460 e. The SMILES string of the molecule is C=C(C)C(=O)OCCO.C=C(C)C(=O)OCc1ccccc1.C=CC(=O)OC(C)OCC. The van der Waals surface area contributed by atoms with Gasteiger partial charge in [-0.2, -0.15) is 0 Å². The summed E-state index contributed by atoms with van der Waals surface area (Å²) < 4.78 is 19.0. The second kappa shape index (κ2) is 19.7. The van der Waals surface area contributed by atoms with Crippen LogP contribution in [0.2, 0.25) is 0 Å². The number of carbonyl (C=O) groups is 3. The molecular formula is C24H34O8. The van der Waals surface area contributed by atoms with Crippen LogP contribution in [-0.4, -0.2) is 49.1 Å². The van der Waals surface area contributed by atoms with Gasteiger partial charge >= 0.3 is 17.9 Å². The van der Waals surface area contributed by atoms with Crippen LogP contribution >= 0.6 is 0 Å². The molecule has 0 heterocycles. The average molecular weight is 451 g/mol. The molecule has 1 N–H and O–H groups in total. The van der Waals surface area contributed by atoms with E-state index in [1.165, 1.54) is 0 Å². The molecule has 0 aromatic heterocycles. The second-order valence-corrected chi connectivity index (χ2v) is 6.15. The third kappa shape index (κ3) is 18.8. The Morgan fingerprint density at radius 2 is 1.56 bits per heavy atom. The first-order chi connectivity index (χ1) is 15.1. The van der Waals surface area contributed by atoms with Crippen LogP contribution in [0.4, 0.5) is 0 Å². The molecule has 0 bridgehead atoms. The maximum absolute atomic E-state index is 11.0. The summed E-state index contributed by atoms with van der Waals surface area (Å²) in [7, 11) is 0. The summed E-state index contributed by atoms with van der Waals surface area (Å²) in [5.41, 5.74) is 1.76. The fourth-order valence-corrected chi connectivity index (χ4v) is 1.59. The Morgan fingerprint density at radius 1 is 1.03 bits per heavy atom. The van der Waals surface area contributed by atoms with Crippen molar-refractivity contribution in [2.75, 3.05) is 19.8 Å². The summed E-state index contributed by atoms with van der Waals surface area (Å²) in [4.78, 5) is 31.9. The first kappa shape index (κ1) is 31.0. The predicted octanol–water partition coefficient (Wildman–Crippen LogP) is 3.50. The summed E-state index contributed by atoms with van der Waals surface area (Å²) in [6.45, 7) is 17.5. The highest BCUT2D eigenvalue weighted by atomic mass is 16.7. The lowest BCUT2D eigenvalue weighted by Crippen LogP contribution is -2.16. The molecule has 0 amide bonds. The van der Waals surface area contributed by atoms with E-state index in [0.717, 1.165) is 11.6 Å². The van der Waals surface area contributed by atoms with Crippen molar-refractivity contribution in [1.29, 1.82) is 0 Å². The topological polar surface area (TPSA) is 108 Å². The number of rotatable bonds is 10. The molecule has 0 saturated carbocycles. The van der Waals surface area contributed by atoms with E-state index in [4.69, 9.17) is 14.6 Å². The van der Waals surface area contributed by atoms with E-state index in [1.807, 2.05) is 37.3 Å². The molecule has 32 heavy (non-hydrogen) atoms. The van der Waals surface area contributed by atoms with Gasteiger partial charge in [0.15, 0.2) is 6.29 Å². The number of carbonyl (C=O) groups excluding carboxylic acids is 3. The Bertz CT molecular complexity index is 725. The van der Waals surface area contributed by atoms with Gasteiger partial charge < -0.3 is 24.1 Å². The Morgan fingerprint density at radius 3 is 2.00 bits per heavy atom. The van der Waals surface area contributed by atoms with Crippen molar-refractivity contribution in [1.82, 2.24) is 0 Å². The zero-order valence-corrected chi connectivity index (χ0v) is 19.3. The molecule has 0 aliphatic rings. The number of ether oxygens (including phenoxy) is 4. The first-order valence-corrected chi connectivity index (χ1v) is 9.83. The van der Waals surface area contributed by atoms with E-state index in [9.17, 15) is 14.4 Å². The van der Waals surface area contributed by atoms with E-state index in [0.29, 0.717) is 24.4 Å². The molecule has 8 heteroatoms. The van der Waals surface area contributed by atoms with Crippen LogP contribution in [0.5, 0.6) is 0 Å². The molecule has 8 nitrogen and oxygen atoms in total. The molecule has 1 unspecified atom stereocenters. The van der Waals surface area contributed by atoms with E-state index in [-0.39, 0.29) is 19.2 Å². The van der Waals surface area contributed by atoms with Gasteiger partial charge in [-0.05, 0) is 33.3 Å². The van der Waals surface area contributed by atoms with Gasteiger partial charge in [0.1, 0.15) is 13.2 Å². The number of hydrogen-bond donors (Lipinski definition) is 1. The van der Waals surface area contributed by atoms with Crippen LogP contribution in [0.3, 0.4) is 0 Å². The molecule has 0 saturated heterocycles. The van der Waals surface area contributed by atoms with Crippen molar-refractivity contribution in [2.24, 2.45) is 0 Å². The van der Waals surface area contributed by atoms with E-state index in [1.54, 1.807) is 20.8 Å². The summed E-state index contributed by atoms with van der Waals surface area (Å²) in [5.74, 6) is -1.26.